The lowest BCUT2D eigenvalue weighted by Crippen LogP contribution is -2.54. The fourth-order valence-electron chi connectivity index (χ4n) is 4.89. The molecule has 38 heavy (non-hydrogen) atoms. The number of amides is 2. The maximum atomic E-state index is 13.8. The van der Waals surface area contributed by atoms with Crippen LogP contribution in [0.3, 0.4) is 0 Å². The predicted octanol–water partition coefficient (Wildman–Crippen LogP) is 4.41. The molecule has 0 aromatic heterocycles. The molecule has 0 unspecified atom stereocenters. The van der Waals surface area contributed by atoms with Crippen LogP contribution in [0.1, 0.15) is 51.0 Å². The summed E-state index contributed by atoms with van der Waals surface area (Å²) in [5, 5.41) is 3.45. The topological polar surface area (TPSA) is 96.0 Å². The third kappa shape index (κ3) is 8.11. The summed E-state index contributed by atoms with van der Waals surface area (Å²) in [6, 6.07) is 13.7. The SMILES string of the molecule is CC[C@H](C(=O)NC1CCCCC1)N(CCc1ccccc1)C(=O)CN(c1cc(Cl)ccc1OC)S(C)(=O)=O. The molecule has 1 saturated carbocycles. The van der Waals surface area contributed by atoms with Gasteiger partial charge in [0.25, 0.3) is 0 Å². The summed E-state index contributed by atoms with van der Waals surface area (Å²) >= 11 is 6.17. The van der Waals surface area contributed by atoms with Gasteiger partial charge in [-0.15, -0.1) is 0 Å². The second-order valence-electron chi connectivity index (χ2n) is 9.68. The first kappa shape index (κ1) is 29.8. The van der Waals surface area contributed by atoms with Crippen molar-refractivity contribution in [3.8, 4) is 5.75 Å². The summed E-state index contributed by atoms with van der Waals surface area (Å²) in [5.41, 5.74) is 1.18. The third-order valence-corrected chi connectivity index (χ3v) is 8.27. The Morgan fingerprint density at radius 2 is 1.79 bits per heavy atom. The number of carbonyl (C=O) groups is 2. The first-order valence-corrected chi connectivity index (χ1v) is 15.3. The van der Waals surface area contributed by atoms with Crippen molar-refractivity contribution in [3.05, 3.63) is 59.1 Å². The Kier molecular flexibility index (Phi) is 10.8. The number of anilines is 1. The number of methoxy groups -OCH3 is 1. The van der Waals surface area contributed by atoms with Crippen LogP contribution in [-0.4, -0.2) is 63.7 Å². The fraction of sp³-hybridized carbons (Fsp3) is 0.500. The van der Waals surface area contributed by atoms with E-state index in [1.807, 2.05) is 37.3 Å². The molecule has 0 bridgehead atoms. The number of benzene rings is 2. The van der Waals surface area contributed by atoms with Gasteiger partial charge in [0, 0.05) is 17.6 Å². The van der Waals surface area contributed by atoms with Crippen LogP contribution in [0.2, 0.25) is 5.02 Å². The minimum Gasteiger partial charge on any atom is -0.495 e. The van der Waals surface area contributed by atoms with E-state index in [-0.39, 0.29) is 29.9 Å². The van der Waals surface area contributed by atoms with Gasteiger partial charge in [-0.05, 0) is 49.4 Å². The molecule has 2 aromatic carbocycles. The van der Waals surface area contributed by atoms with Crippen LogP contribution in [0.25, 0.3) is 0 Å². The Hall–Kier alpha value is -2.78. The van der Waals surface area contributed by atoms with Gasteiger partial charge in [-0.3, -0.25) is 13.9 Å². The lowest BCUT2D eigenvalue weighted by Gasteiger charge is -2.34. The zero-order chi connectivity index (χ0) is 27.7. The van der Waals surface area contributed by atoms with Crippen molar-refractivity contribution >= 4 is 39.1 Å². The number of sulfonamides is 1. The van der Waals surface area contributed by atoms with E-state index >= 15 is 0 Å². The minimum atomic E-state index is -3.89. The number of rotatable bonds is 12. The molecular weight excluding hydrogens is 526 g/mol. The van der Waals surface area contributed by atoms with E-state index in [2.05, 4.69) is 5.32 Å². The fourth-order valence-corrected chi connectivity index (χ4v) is 5.90. The average Bonchev–Trinajstić information content (AvgIpc) is 2.90. The van der Waals surface area contributed by atoms with Gasteiger partial charge in [0.2, 0.25) is 21.8 Å². The van der Waals surface area contributed by atoms with Gasteiger partial charge >= 0.3 is 0 Å². The molecule has 1 aliphatic rings. The van der Waals surface area contributed by atoms with Crippen LogP contribution in [0.4, 0.5) is 5.69 Å². The predicted molar refractivity (Wildman–Crippen MR) is 151 cm³/mol. The number of hydrogen-bond donors (Lipinski definition) is 1. The van der Waals surface area contributed by atoms with Crippen LogP contribution in [0, 0.1) is 0 Å². The Morgan fingerprint density at radius 1 is 1.11 bits per heavy atom. The summed E-state index contributed by atoms with van der Waals surface area (Å²) in [6.07, 6.45) is 7.12. The molecule has 0 aliphatic heterocycles. The first-order valence-electron chi connectivity index (χ1n) is 13.1. The van der Waals surface area contributed by atoms with Crippen molar-refractivity contribution in [2.24, 2.45) is 0 Å². The lowest BCUT2D eigenvalue weighted by atomic mass is 9.95. The van der Waals surface area contributed by atoms with E-state index in [1.54, 1.807) is 12.1 Å². The zero-order valence-corrected chi connectivity index (χ0v) is 23.9. The molecule has 1 N–H and O–H groups in total. The molecule has 0 spiro atoms. The zero-order valence-electron chi connectivity index (χ0n) is 22.4. The molecule has 0 saturated heterocycles. The van der Waals surface area contributed by atoms with E-state index in [9.17, 15) is 18.0 Å². The van der Waals surface area contributed by atoms with E-state index < -0.39 is 28.5 Å². The molecule has 8 nitrogen and oxygen atoms in total. The van der Waals surface area contributed by atoms with E-state index in [0.717, 1.165) is 41.8 Å². The number of nitrogens with zero attached hydrogens (tertiary/aromatic N) is 2. The van der Waals surface area contributed by atoms with Crippen molar-refractivity contribution in [2.75, 3.05) is 30.8 Å². The minimum absolute atomic E-state index is 0.0969. The highest BCUT2D eigenvalue weighted by Gasteiger charge is 2.33. The Bertz CT molecular complexity index is 1190. The van der Waals surface area contributed by atoms with Gasteiger partial charge in [0.15, 0.2) is 0 Å². The van der Waals surface area contributed by atoms with Crippen molar-refractivity contribution < 1.29 is 22.7 Å². The first-order chi connectivity index (χ1) is 18.1. The van der Waals surface area contributed by atoms with Crippen molar-refractivity contribution in [1.82, 2.24) is 10.2 Å². The molecule has 208 valence electrons. The number of hydrogen-bond acceptors (Lipinski definition) is 5. The Balaban J connectivity index is 1.91. The summed E-state index contributed by atoms with van der Waals surface area (Å²) in [5.74, 6) is -0.406. The molecule has 2 amide bonds. The normalized spacial score (nSPS) is 14.9. The van der Waals surface area contributed by atoms with Crippen LogP contribution >= 0.6 is 11.6 Å². The largest absolute Gasteiger partial charge is 0.495 e. The van der Waals surface area contributed by atoms with Crippen molar-refractivity contribution in [1.29, 1.82) is 0 Å². The van der Waals surface area contributed by atoms with Gasteiger partial charge in [-0.25, -0.2) is 8.42 Å². The molecule has 0 heterocycles. The number of ether oxygens (including phenoxy) is 1. The monoisotopic (exact) mass is 563 g/mol. The van der Waals surface area contributed by atoms with Crippen LogP contribution in [0.15, 0.2) is 48.5 Å². The summed E-state index contributed by atoms with van der Waals surface area (Å²) in [4.78, 5) is 28.8. The Labute approximate surface area is 231 Å². The van der Waals surface area contributed by atoms with E-state index in [0.29, 0.717) is 17.9 Å². The van der Waals surface area contributed by atoms with Gasteiger partial charge < -0.3 is 15.0 Å². The maximum Gasteiger partial charge on any atom is 0.244 e. The quantitative estimate of drug-likeness (QED) is 0.412. The highest BCUT2D eigenvalue weighted by Crippen LogP contribution is 2.33. The average molecular weight is 564 g/mol. The van der Waals surface area contributed by atoms with Crippen LogP contribution in [0.5, 0.6) is 5.75 Å². The molecule has 2 aromatic rings. The smallest absolute Gasteiger partial charge is 0.244 e. The van der Waals surface area contributed by atoms with Gasteiger partial charge in [0.1, 0.15) is 18.3 Å². The van der Waals surface area contributed by atoms with Crippen molar-refractivity contribution in [2.45, 2.75) is 64.0 Å². The number of nitrogens with one attached hydrogen (secondary N) is 1. The molecule has 1 fully saturated rings. The summed E-state index contributed by atoms with van der Waals surface area (Å²) in [7, 11) is -2.47. The van der Waals surface area contributed by atoms with Crippen LogP contribution in [-0.2, 0) is 26.0 Å². The highest BCUT2D eigenvalue weighted by atomic mass is 35.5. The second-order valence-corrected chi connectivity index (χ2v) is 12.0. The molecule has 1 aliphatic carbocycles. The maximum absolute atomic E-state index is 13.8. The molecule has 10 heteroatoms. The number of carbonyl (C=O) groups excluding carboxylic acids is 2. The standard InChI is InChI=1S/C28H38ClN3O5S/c1-4-24(28(34)30-23-13-9-6-10-14-23)31(18-17-21-11-7-5-8-12-21)27(33)20-32(38(3,35)36)25-19-22(29)15-16-26(25)37-2/h5,7-8,11-12,15-16,19,23-24H,4,6,9-10,13-14,17-18,20H2,1-3H3,(H,30,34)/t24-/m1/s1. The third-order valence-electron chi connectivity index (χ3n) is 6.91. The van der Waals surface area contributed by atoms with E-state index in [1.165, 1.54) is 24.5 Å². The van der Waals surface area contributed by atoms with Crippen molar-refractivity contribution in [3.63, 3.8) is 0 Å². The summed E-state index contributed by atoms with van der Waals surface area (Å²) in [6.45, 7) is 1.64. The van der Waals surface area contributed by atoms with E-state index in [4.69, 9.17) is 16.3 Å². The molecular formula is C28H38ClN3O5S. The lowest BCUT2D eigenvalue weighted by molar-refractivity contribution is -0.140. The summed E-state index contributed by atoms with van der Waals surface area (Å²) < 4.78 is 32.1. The van der Waals surface area contributed by atoms with Crippen LogP contribution < -0.4 is 14.4 Å². The molecule has 3 rings (SSSR count). The van der Waals surface area contributed by atoms with Gasteiger partial charge in [-0.2, -0.15) is 0 Å². The highest BCUT2D eigenvalue weighted by molar-refractivity contribution is 7.92. The van der Waals surface area contributed by atoms with Gasteiger partial charge in [-0.1, -0.05) is 68.1 Å². The molecule has 0 radical (unpaired) electrons. The number of halogens is 1. The molecule has 1 atom stereocenters. The second kappa shape index (κ2) is 13.8. The Morgan fingerprint density at radius 3 is 2.39 bits per heavy atom. The van der Waals surface area contributed by atoms with Gasteiger partial charge in [0.05, 0.1) is 19.1 Å².